The van der Waals surface area contributed by atoms with Crippen LogP contribution < -0.4 is 5.32 Å². The number of rotatable bonds is 5. The van der Waals surface area contributed by atoms with Crippen molar-refractivity contribution in [2.24, 2.45) is 5.92 Å². The highest BCUT2D eigenvalue weighted by molar-refractivity contribution is 7.99. The predicted molar refractivity (Wildman–Crippen MR) is 59.4 cm³/mol. The van der Waals surface area contributed by atoms with Crippen LogP contribution in [-0.2, 0) is 4.74 Å². The Morgan fingerprint density at radius 3 is 2.77 bits per heavy atom. The molecule has 0 radical (unpaired) electrons. The number of thioether (sulfide) groups is 1. The summed E-state index contributed by atoms with van der Waals surface area (Å²) in [5.41, 5.74) is 0. The largest absolute Gasteiger partial charge is 0.383 e. The zero-order chi connectivity index (χ0) is 9.68. The molecule has 1 saturated heterocycles. The molecule has 0 bridgehead atoms. The van der Waals surface area contributed by atoms with E-state index in [2.05, 4.69) is 30.9 Å². The van der Waals surface area contributed by atoms with Crippen molar-refractivity contribution >= 4 is 11.8 Å². The van der Waals surface area contributed by atoms with Gasteiger partial charge in [-0.1, -0.05) is 13.8 Å². The van der Waals surface area contributed by atoms with E-state index in [4.69, 9.17) is 4.74 Å². The molecule has 2 nitrogen and oxygen atoms in total. The highest BCUT2D eigenvalue weighted by atomic mass is 32.2. The van der Waals surface area contributed by atoms with E-state index in [1.54, 1.807) is 7.11 Å². The van der Waals surface area contributed by atoms with Crippen LogP contribution in [0.4, 0.5) is 0 Å². The summed E-state index contributed by atoms with van der Waals surface area (Å²) in [6.45, 7) is 5.33. The SMILES string of the molecule is COCC(NC1CCSC1)C(C)C. The van der Waals surface area contributed by atoms with Gasteiger partial charge in [-0.25, -0.2) is 0 Å². The minimum atomic E-state index is 0.522. The maximum Gasteiger partial charge on any atom is 0.0618 e. The Labute approximate surface area is 85.8 Å². The van der Waals surface area contributed by atoms with Gasteiger partial charge in [-0.2, -0.15) is 11.8 Å². The Bertz CT molecular complexity index is 135. The molecule has 1 heterocycles. The number of ether oxygens (including phenoxy) is 1. The van der Waals surface area contributed by atoms with Crippen LogP contribution in [0.3, 0.4) is 0 Å². The van der Waals surface area contributed by atoms with Crippen molar-refractivity contribution < 1.29 is 4.74 Å². The van der Waals surface area contributed by atoms with Gasteiger partial charge in [0.05, 0.1) is 6.61 Å². The van der Waals surface area contributed by atoms with Gasteiger partial charge in [0.2, 0.25) is 0 Å². The molecule has 2 unspecified atom stereocenters. The van der Waals surface area contributed by atoms with Gasteiger partial charge in [0.25, 0.3) is 0 Å². The van der Waals surface area contributed by atoms with Crippen LogP contribution in [0.1, 0.15) is 20.3 Å². The zero-order valence-electron chi connectivity index (χ0n) is 8.88. The summed E-state index contributed by atoms with van der Waals surface area (Å²) in [5, 5.41) is 3.67. The number of nitrogens with one attached hydrogen (secondary N) is 1. The molecule has 1 rings (SSSR count). The molecule has 13 heavy (non-hydrogen) atoms. The molecule has 78 valence electrons. The first kappa shape index (κ1) is 11.3. The van der Waals surface area contributed by atoms with Gasteiger partial charge in [-0.05, 0) is 18.1 Å². The first-order chi connectivity index (χ1) is 6.24. The lowest BCUT2D eigenvalue weighted by Gasteiger charge is -2.25. The molecule has 2 atom stereocenters. The lowest BCUT2D eigenvalue weighted by molar-refractivity contribution is 0.142. The number of hydrogen-bond acceptors (Lipinski definition) is 3. The zero-order valence-corrected chi connectivity index (χ0v) is 9.69. The molecule has 3 heteroatoms. The van der Waals surface area contributed by atoms with Gasteiger partial charge >= 0.3 is 0 Å². The van der Waals surface area contributed by atoms with E-state index in [0.717, 1.165) is 6.61 Å². The summed E-state index contributed by atoms with van der Waals surface area (Å²) in [4.78, 5) is 0. The summed E-state index contributed by atoms with van der Waals surface area (Å²) in [6, 6.07) is 1.24. The highest BCUT2D eigenvalue weighted by Gasteiger charge is 2.21. The summed E-state index contributed by atoms with van der Waals surface area (Å²) >= 11 is 2.05. The van der Waals surface area contributed by atoms with Crippen molar-refractivity contribution in [3.05, 3.63) is 0 Å². The molecule has 1 N–H and O–H groups in total. The summed E-state index contributed by atoms with van der Waals surface area (Å²) < 4.78 is 5.21. The normalized spacial score (nSPS) is 25.4. The molecular weight excluding hydrogens is 182 g/mol. The molecule has 1 fully saturated rings. The first-order valence-electron chi connectivity index (χ1n) is 5.06. The van der Waals surface area contributed by atoms with E-state index in [-0.39, 0.29) is 0 Å². The molecule has 0 aromatic heterocycles. The third-order valence-electron chi connectivity index (χ3n) is 2.53. The maximum absolute atomic E-state index is 5.21. The highest BCUT2D eigenvalue weighted by Crippen LogP contribution is 2.18. The molecule has 0 aromatic carbocycles. The van der Waals surface area contributed by atoms with Crippen LogP contribution >= 0.6 is 11.8 Å². The van der Waals surface area contributed by atoms with Crippen molar-refractivity contribution in [2.45, 2.75) is 32.4 Å². The van der Waals surface area contributed by atoms with Gasteiger partial charge in [0, 0.05) is 24.9 Å². The molecule has 1 aliphatic rings. The minimum absolute atomic E-state index is 0.522. The fourth-order valence-electron chi connectivity index (χ4n) is 1.58. The molecule has 0 aliphatic carbocycles. The Morgan fingerprint density at radius 1 is 1.54 bits per heavy atom. The molecular formula is C10H21NOS. The topological polar surface area (TPSA) is 21.3 Å². The van der Waals surface area contributed by atoms with Crippen molar-refractivity contribution in [1.29, 1.82) is 0 Å². The van der Waals surface area contributed by atoms with E-state index in [0.29, 0.717) is 18.0 Å². The summed E-state index contributed by atoms with van der Waals surface area (Å²) in [5.74, 6) is 3.24. The lowest BCUT2D eigenvalue weighted by Crippen LogP contribution is -2.44. The van der Waals surface area contributed by atoms with E-state index in [1.165, 1.54) is 17.9 Å². The fourth-order valence-corrected chi connectivity index (χ4v) is 2.75. The lowest BCUT2D eigenvalue weighted by atomic mass is 10.0. The molecule has 0 saturated carbocycles. The average Bonchev–Trinajstić information content (AvgIpc) is 2.56. The van der Waals surface area contributed by atoms with Gasteiger partial charge in [0.1, 0.15) is 0 Å². The van der Waals surface area contributed by atoms with Gasteiger partial charge in [-0.3, -0.25) is 0 Å². The molecule has 0 spiro atoms. The third kappa shape index (κ3) is 3.88. The Kier molecular flexibility index (Phi) is 5.14. The Morgan fingerprint density at radius 2 is 2.31 bits per heavy atom. The molecule has 0 aromatic rings. The van der Waals surface area contributed by atoms with Crippen molar-refractivity contribution in [1.82, 2.24) is 5.32 Å². The van der Waals surface area contributed by atoms with E-state index in [9.17, 15) is 0 Å². The summed E-state index contributed by atoms with van der Waals surface area (Å²) in [6.07, 6.45) is 1.32. The molecule has 0 amide bonds. The van der Waals surface area contributed by atoms with Gasteiger partial charge in [-0.15, -0.1) is 0 Å². The van der Waals surface area contributed by atoms with E-state index >= 15 is 0 Å². The number of hydrogen-bond donors (Lipinski definition) is 1. The van der Waals surface area contributed by atoms with Crippen molar-refractivity contribution in [2.75, 3.05) is 25.2 Å². The standard InChI is InChI=1S/C10H21NOS/c1-8(2)10(6-12-3)11-9-4-5-13-7-9/h8-11H,4-7H2,1-3H3. The van der Waals surface area contributed by atoms with Gasteiger partial charge in [0.15, 0.2) is 0 Å². The van der Waals surface area contributed by atoms with Crippen molar-refractivity contribution in [3.8, 4) is 0 Å². The molecule has 1 aliphatic heterocycles. The van der Waals surface area contributed by atoms with Crippen LogP contribution in [-0.4, -0.2) is 37.3 Å². The van der Waals surface area contributed by atoms with Crippen LogP contribution in [0.2, 0.25) is 0 Å². The van der Waals surface area contributed by atoms with Crippen LogP contribution in [0, 0.1) is 5.92 Å². The second-order valence-electron chi connectivity index (χ2n) is 4.03. The maximum atomic E-state index is 5.21. The average molecular weight is 203 g/mol. The second-order valence-corrected chi connectivity index (χ2v) is 5.18. The van der Waals surface area contributed by atoms with Crippen LogP contribution in [0.15, 0.2) is 0 Å². The minimum Gasteiger partial charge on any atom is -0.383 e. The second kappa shape index (κ2) is 5.89. The first-order valence-corrected chi connectivity index (χ1v) is 6.22. The van der Waals surface area contributed by atoms with E-state index < -0.39 is 0 Å². The Balaban J connectivity index is 2.27. The smallest absolute Gasteiger partial charge is 0.0618 e. The van der Waals surface area contributed by atoms with E-state index in [1.807, 2.05) is 0 Å². The van der Waals surface area contributed by atoms with Crippen LogP contribution in [0.5, 0.6) is 0 Å². The van der Waals surface area contributed by atoms with Gasteiger partial charge < -0.3 is 10.1 Å². The monoisotopic (exact) mass is 203 g/mol. The third-order valence-corrected chi connectivity index (χ3v) is 3.69. The van der Waals surface area contributed by atoms with Crippen molar-refractivity contribution in [3.63, 3.8) is 0 Å². The predicted octanol–water partition coefficient (Wildman–Crippen LogP) is 1.75. The van der Waals surface area contributed by atoms with Crippen LogP contribution in [0.25, 0.3) is 0 Å². The summed E-state index contributed by atoms with van der Waals surface area (Å²) in [7, 11) is 1.78. The fraction of sp³-hybridized carbons (Fsp3) is 1.00. The Hall–Kier alpha value is 0.270. The number of methoxy groups -OCH3 is 1. The quantitative estimate of drug-likeness (QED) is 0.735.